The first-order valence-corrected chi connectivity index (χ1v) is 44.3. The summed E-state index contributed by atoms with van der Waals surface area (Å²) >= 11 is 0. The predicted octanol–water partition coefficient (Wildman–Crippen LogP) is 1.98. The van der Waals surface area contributed by atoms with E-state index in [9.17, 15) is 28.8 Å². The molecule has 6 atom stereocenters. The highest BCUT2D eigenvalue weighted by Crippen LogP contribution is 2.37. The van der Waals surface area contributed by atoms with Crippen LogP contribution in [0.1, 0.15) is 226 Å². The fraction of sp³-hybridized carbons (Fsp3) is 0.690. The zero-order valence-electron chi connectivity index (χ0n) is 73.5. The normalized spacial score (nSPS) is 15.4. The average molecular weight is 1750 g/mol. The number of carbonyl (C=O) groups is 6. The SMILES string of the molecule is NC(N)=NCCCN(CCCCCCCC(=O)O[C@H]1[C@H](OC(=O)CCCCCCCN(CCCN=C(N)N)CCCN=C(N)N)[C@@H](OC(=O)CCCCCCCN(CCCN=C(N)N)CCCN=C(N)N)[C@H](OC(=O)c2ccccc2)[C@@H](OC(=O)c2ccccc2)[C@@H]1OC(=O)CCCCCCCN(CCCN=C(N)N)CCCN=C(N)N)CCCN=C(N)N. The quantitative estimate of drug-likeness (QED) is 0.0148. The van der Waals surface area contributed by atoms with Gasteiger partial charge in [0.05, 0.1) is 11.1 Å². The van der Waals surface area contributed by atoms with Gasteiger partial charge >= 0.3 is 35.8 Å². The summed E-state index contributed by atoms with van der Waals surface area (Å²) in [6, 6.07) is 15.9. The molecular formula is C84H152N28O12. The Kier molecular flexibility index (Phi) is 58.7. The van der Waals surface area contributed by atoms with Crippen LogP contribution in [0.4, 0.5) is 0 Å². The number of benzene rings is 2. The highest BCUT2D eigenvalue weighted by molar-refractivity contribution is 5.91. The Balaban J connectivity index is 2.16. The Labute approximate surface area is 733 Å². The molecule has 0 amide bonds. The number of unbranched alkanes of at least 4 members (excludes halogenated alkanes) is 16. The van der Waals surface area contributed by atoms with Crippen molar-refractivity contribution in [3.05, 3.63) is 71.8 Å². The van der Waals surface area contributed by atoms with Gasteiger partial charge in [0.1, 0.15) is 0 Å². The third-order valence-corrected chi connectivity index (χ3v) is 20.4. The third-order valence-electron chi connectivity index (χ3n) is 20.4. The molecule has 40 heteroatoms. The van der Waals surface area contributed by atoms with Crippen LogP contribution in [-0.4, -0.2) is 271 Å². The van der Waals surface area contributed by atoms with Crippen LogP contribution in [0.3, 0.4) is 0 Å². The number of carbonyl (C=O) groups excluding carboxylic acids is 6. The molecule has 40 nitrogen and oxygen atoms in total. The molecule has 1 saturated carbocycles. The van der Waals surface area contributed by atoms with Crippen LogP contribution >= 0.6 is 0 Å². The van der Waals surface area contributed by atoms with Crippen LogP contribution in [-0.2, 0) is 47.6 Å². The lowest BCUT2D eigenvalue weighted by Gasteiger charge is -2.47. The van der Waals surface area contributed by atoms with Gasteiger partial charge in [0.2, 0.25) is 0 Å². The van der Waals surface area contributed by atoms with Gasteiger partial charge in [0.15, 0.2) is 84.3 Å². The number of ether oxygens (including phenoxy) is 6. The van der Waals surface area contributed by atoms with E-state index in [1.54, 1.807) is 36.4 Å². The fourth-order valence-electron chi connectivity index (χ4n) is 14.2. The van der Waals surface area contributed by atoms with Crippen molar-refractivity contribution in [2.45, 2.75) is 242 Å². The molecule has 0 heterocycles. The molecule has 0 bridgehead atoms. The zero-order chi connectivity index (χ0) is 90.8. The summed E-state index contributed by atoms with van der Waals surface area (Å²) in [5.41, 5.74) is 89.6. The smallest absolute Gasteiger partial charge is 0.338 e. The fourth-order valence-corrected chi connectivity index (χ4v) is 14.2. The van der Waals surface area contributed by atoms with E-state index in [0.717, 1.165) is 207 Å². The van der Waals surface area contributed by atoms with Crippen molar-refractivity contribution in [3.63, 3.8) is 0 Å². The molecule has 0 radical (unpaired) electrons. The Morgan fingerprint density at radius 1 is 0.210 bits per heavy atom. The summed E-state index contributed by atoms with van der Waals surface area (Å²) in [5.74, 6) is -4.90. The summed E-state index contributed by atoms with van der Waals surface area (Å²) in [6.45, 7) is 12.8. The van der Waals surface area contributed by atoms with E-state index in [0.29, 0.717) is 104 Å². The predicted molar refractivity (Wildman–Crippen MR) is 490 cm³/mol. The number of hydrogen-bond donors (Lipinski definition) is 16. The van der Waals surface area contributed by atoms with E-state index in [2.05, 4.69) is 59.5 Å². The minimum absolute atomic E-state index is 0.0246. The van der Waals surface area contributed by atoms with Crippen molar-refractivity contribution < 1.29 is 57.2 Å². The Hall–Kier alpha value is -10.7. The molecule has 0 aliphatic heterocycles. The summed E-state index contributed by atoms with van der Waals surface area (Å²) in [4.78, 5) is 132. The molecule has 1 fully saturated rings. The molecule has 1 aliphatic carbocycles. The van der Waals surface area contributed by atoms with Crippen LogP contribution in [0.2, 0.25) is 0 Å². The summed E-state index contributed by atoms with van der Waals surface area (Å²) in [5, 5.41) is 0. The maximum absolute atomic E-state index is 14.9. The number of nitrogens with two attached hydrogens (primary N) is 16. The van der Waals surface area contributed by atoms with Gasteiger partial charge in [-0.3, -0.25) is 59.1 Å². The van der Waals surface area contributed by atoms with Crippen molar-refractivity contribution in [2.75, 3.05) is 131 Å². The van der Waals surface area contributed by atoms with Crippen LogP contribution in [0.25, 0.3) is 0 Å². The van der Waals surface area contributed by atoms with Gasteiger partial charge < -0.3 is 140 Å². The van der Waals surface area contributed by atoms with E-state index in [-0.39, 0.29) is 84.5 Å². The first-order chi connectivity index (χ1) is 59.7. The topological polar surface area (TPSA) is 686 Å². The van der Waals surface area contributed by atoms with Crippen LogP contribution in [0.15, 0.2) is 101 Å². The van der Waals surface area contributed by atoms with E-state index in [1.807, 2.05) is 0 Å². The minimum atomic E-state index is -1.89. The number of rotatable bonds is 72. The molecule has 124 heavy (non-hydrogen) atoms. The number of aliphatic imine (C=N–C) groups is 8. The summed E-state index contributed by atoms with van der Waals surface area (Å²) < 4.78 is 39.1. The molecular weight excluding hydrogens is 1590 g/mol. The van der Waals surface area contributed by atoms with Crippen molar-refractivity contribution >= 4 is 83.5 Å². The molecule has 32 N–H and O–H groups in total. The largest absolute Gasteiger partial charge is 0.454 e. The molecule has 700 valence electrons. The minimum Gasteiger partial charge on any atom is -0.454 e. The second-order valence-corrected chi connectivity index (χ2v) is 31.0. The van der Waals surface area contributed by atoms with E-state index < -0.39 is 72.4 Å². The zero-order valence-corrected chi connectivity index (χ0v) is 73.5. The first kappa shape index (κ1) is 107. The molecule has 0 saturated heterocycles. The number of hydrogen-bond acceptors (Lipinski definition) is 24. The van der Waals surface area contributed by atoms with Crippen molar-refractivity contribution in [1.29, 1.82) is 0 Å². The molecule has 0 spiro atoms. The van der Waals surface area contributed by atoms with Gasteiger partial charge in [-0.05, 0) is 206 Å². The molecule has 0 unspecified atom stereocenters. The Morgan fingerprint density at radius 3 is 0.540 bits per heavy atom. The molecule has 3 rings (SSSR count). The lowest BCUT2D eigenvalue weighted by Crippen LogP contribution is -2.69. The van der Waals surface area contributed by atoms with Gasteiger partial charge in [0.25, 0.3) is 0 Å². The van der Waals surface area contributed by atoms with Crippen molar-refractivity contribution in [1.82, 2.24) is 19.6 Å². The standard InChI is InChI=1S/C84H152N28O12/c85-77(86)101-43-27-55-109(56-28-44-102-78(87)88)51-23-9-1-5-19-39-65(113)119-69-70(120-66(114)40-20-6-2-10-24-52-110(57-29-45-103-79(89)90)58-30-46-104-80(91)92)72(122-68(116)42-22-8-4-12-26-54-112(61-33-49-107-83(97)98)62-34-50-108-84(99)100)74(124-76(118)64-37-17-14-18-38-64)73(123-75(117)63-35-15-13-16-36-63)71(69)121-67(115)41-21-7-3-11-25-53-111(59-31-47-105-81(93)94)60-32-48-106-82(95)96/h13-18,35-38,69-74H,1-12,19-34,39-62H2,(H4,85,86,101)(H4,87,88,102)(H4,89,90,103)(H4,91,92,104)(H4,93,94,105)(H4,95,96,106)(H4,97,98,107)(H4,99,100,108)/t69-,70-,71+,72+,73-,74-/m0/s1. The molecule has 2 aromatic rings. The number of nitrogens with zero attached hydrogens (tertiary/aromatic N) is 12. The second-order valence-electron chi connectivity index (χ2n) is 31.0. The van der Waals surface area contributed by atoms with Gasteiger partial charge in [-0.2, -0.15) is 0 Å². The van der Waals surface area contributed by atoms with Gasteiger partial charge in [-0.25, -0.2) is 9.59 Å². The summed E-state index contributed by atoms with van der Waals surface area (Å²) in [6.07, 6.45) is 7.36. The number of guanidine groups is 8. The van der Waals surface area contributed by atoms with Gasteiger partial charge in [-0.1, -0.05) is 113 Å². The van der Waals surface area contributed by atoms with Crippen molar-refractivity contribution in [3.8, 4) is 0 Å². The van der Waals surface area contributed by atoms with E-state index >= 15 is 0 Å². The van der Waals surface area contributed by atoms with Gasteiger partial charge in [-0.15, -0.1) is 0 Å². The average Bonchev–Trinajstić information content (AvgIpc) is 0.753. The lowest BCUT2D eigenvalue weighted by atomic mass is 9.83. The highest BCUT2D eigenvalue weighted by atomic mass is 16.7. The molecule has 1 aliphatic rings. The number of esters is 6. The van der Waals surface area contributed by atoms with Crippen LogP contribution in [0.5, 0.6) is 0 Å². The monoisotopic (exact) mass is 1750 g/mol. The molecule has 2 aromatic carbocycles. The van der Waals surface area contributed by atoms with Crippen LogP contribution in [0, 0.1) is 0 Å². The summed E-state index contributed by atoms with van der Waals surface area (Å²) in [7, 11) is 0. The lowest BCUT2D eigenvalue weighted by molar-refractivity contribution is -0.252. The van der Waals surface area contributed by atoms with E-state index in [4.69, 9.17) is 120 Å². The van der Waals surface area contributed by atoms with Gasteiger partial charge in [0, 0.05) is 78.0 Å². The molecule has 0 aromatic heterocycles. The van der Waals surface area contributed by atoms with E-state index in [1.165, 1.54) is 24.3 Å². The highest BCUT2D eigenvalue weighted by Gasteiger charge is 2.61. The van der Waals surface area contributed by atoms with Crippen LogP contribution < -0.4 is 91.7 Å². The maximum Gasteiger partial charge on any atom is 0.338 e. The second kappa shape index (κ2) is 67.7. The Bertz CT molecular complexity index is 3190. The third kappa shape index (κ3) is 54.7. The first-order valence-electron chi connectivity index (χ1n) is 44.3. The Morgan fingerprint density at radius 2 is 0.363 bits per heavy atom. The van der Waals surface area contributed by atoms with Crippen molar-refractivity contribution in [2.24, 2.45) is 132 Å². The maximum atomic E-state index is 14.9.